The van der Waals surface area contributed by atoms with Crippen molar-refractivity contribution in [3.63, 3.8) is 0 Å². The maximum absolute atomic E-state index is 11.8. The van der Waals surface area contributed by atoms with Gasteiger partial charge in [0, 0.05) is 11.8 Å². The summed E-state index contributed by atoms with van der Waals surface area (Å²) in [5, 5.41) is 11.0. The second-order valence-corrected chi connectivity index (χ2v) is 4.02. The molecule has 1 amide bonds. The summed E-state index contributed by atoms with van der Waals surface area (Å²) in [5.74, 6) is -2.58. The number of nitrogens with one attached hydrogen (secondary N) is 1. The fraction of sp³-hybridized carbons (Fsp3) is 0.214. The third-order valence-corrected chi connectivity index (χ3v) is 2.40. The van der Waals surface area contributed by atoms with Crippen LogP contribution in [0.25, 0.3) is 6.08 Å². The van der Waals surface area contributed by atoms with Gasteiger partial charge in [-0.1, -0.05) is 12.1 Å². The van der Waals surface area contributed by atoms with Crippen LogP contribution in [0, 0.1) is 0 Å². The zero-order valence-corrected chi connectivity index (χ0v) is 11.4. The van der Waals surface area contributed by atoms with E-state index in [9.17, 15) is 14.4 Å². The van der Waals surface area contributed by atoms with E-state index < -0.39 is 23.9 Å². The van der Waals surface area contributed by atoms with E-state index in [4.69, 9.17) is 10.8 Å². The molecule has 1 atom stereocenters. The fourth-order valence-electron chi connectivity index (χ4n) is 1.45. The van der Waals surface area contributed by atoms with E-state index in [2.05, 4.69) is 10.1 Å². The number of nitrogens with two attached hydrogens (primary N) is 1. The van der Waals surface area contributed by atoms with Crippen LogP contribution in [0.1, 0.15) is 12.5 Å². The molecule has 0 fully saturated rings. The van der Waals surface area contributed by atoms with Gasteiger partial charge in [-0.3, -0.25) is 4.79 Å². The Balaban J connectivity index is 2.74. The summed E-state index contributed by atoms with van der Waals surface area (Å²) in [5.41, 5.74) is 6.43. The largest absolute Gasteiger partial charge is 0.478 e. The Bertz CT molecular complexity index is 568. The number of carbonyl (C=O) groups excluding carboxylic acids is 2. The third-order valence-electron chi connectivity index (χ3n) is 2.40. The maximum Gasteiger partial charge on any atom is 0.332 e. The second kappa shape index (κ2) is 7.81. The lowest BCUT2D eigenvalue weighted by Gasteiger charge is -2.11. The first-order chi connectivity index (χ1) is 9.93. The number of hydrogen-bond donors (Lipinski definition) is 3. The van der Waals surface area contributed by atoms with Gasteiger partial charge < -0.3 is 20.9 Å². The van der Waals surface area contributed by atoms with Gasteiger partial charge in [-0.25, -0.2) is 9.59 Å². The molecule has 4 N–H and O–H groups in total. The Morgan fingerprint density at radius 3 is 2.76 bits per heavy atom. The lowest BCUT2D eigenvalue weighted by atomic mass is 10.2. The number of benzene rings is 1. The van der Waals surface area contributed by atoms with E-state index in [1.54, 1.807) is 31.2 Å². The van der Waals surface area contributed by atoms with Gasteiger partial charge >= 0.3 is 11.9 Å². The summed E-state index contributed by atoms with van der Waals surface area (Å²) in [6, 6.07) is 5.03. The second-order valence-electron chi connectivity index (χ2n) is 4.02. The lowest BCUT2D eigenvalue weighted by Crippen LogP contribution is -2.43. The van der Waals surface area contributed by atoms with Crippen LogP contribution in [0.5, 0.6) is 0 Å². The number of aliphatic carboxylic acids is 1. The molecular weight excluding hydrogens is 276 g/mol. The zero-order chi connectivity index (χ0) is 15.8. The molecule has 0 aliphatic rings. The van der Waals surface area contributed by atoms with Crippen molar-refractivity contribution in [3.05, 3.63) is 35.9 Å². The van der Waals surface area contributed by atoms with E-state index >= 15 is 0 Å². The van der Waals surface area contributed by atoms with Gasteiger partial charge in [0.1, 0.15) is 0 Å². The highest BCUT2D eigenvalue weighted by Crippen LogP contribution is 2.12. The molecule has 112 valence electrons. The Kier molecular flexibility index (Phi) is 6.09. The van der Waals surface area contributed by atoms with Crippen molar-refractivity contribution >= 4 is 29.6 Å². The van der Waals surface area contributed by atoms with Crippen LogP contribution in [-0.2, 0) is 19.1 Å². The molecule has 0 bridgehead atoms. The third kappa shape index (κ3) is 5.45. The average Bonchev–Trinajstić information content (AvgIpc) is 2.45. The number of carboxylic acid groups (broad SMARTS) is 1. The summed E-state index contributed by atoms with van der Waals surface area (Å²) in [4.78, 5) is 33.5. The van der Waals surface area contributed by atoms with Crippen molar-refractivity contribution in [1.29, 1.82) is 0 Å². The summed E-state index contributed by atoms with van der Waals surface area (Å²) in [6.45, 7) is 1.75. The molecule has 0 aromatic heterocycles. The fourth-order valence-corrected chi connectivity index (χ4v) is 1.45. The molecule has 0 heterocycles. The minimum atomic E-state index is -1.41. The first kappa shape index (κ1) is 16.4. The maximum atomic E-state index is 11.8. The molecule has 21 heavy (non-hydrogen) atoms. The molecule has 1 aromatic carbocycles. The summed E-state index contributed by atoms with van der Waals surface area (Å²) < 4.78 is 4.65. The van der Waals surface area contributed by atoms with Crippen LogP contribution in [0.2, 0.25) is 0 Å². The molecular formula is C14H16N2O5. The van der Waals surface area contributed by atoms with E-state index in [1.807, 2.05) is 0 Å². The van der Waals surface area contributed by atoms with E-state index in [1.165, 1.54) is 6.08 Å². The molecule has 0 aliphatic heterocycles. The molecule has 0 saturated carbocycles. The van der Waals surface area contributed by atoms with E-state index in [0.29, 0.717) is 11.3 Å². The van der Waals surface area contributed by atoms with E-state index in [-0.39, 0.29) is 6.61 Å². The van der Waals surface area contributed by atoms with Gasteiger partial charge in [-0.05, 0) is 30.7 Å². The normalized spacial score (nSPS) is 11.9. The molecule has 7 nitrogen and oxygen atoms in total. The molecule has 0 spiro atoms. The lowest BCUT2D eigenvalue weighted by molar-refractivity contribution is -0.147. The number of hydrogen-bond acceptors (Lipinski definition) is 5. The summed E-state index contributed by atoms with van der Waals surface area (Å²) >= 11 is 0. The summed E-state index contributed by atoms with van der Waals surface area (Å²) in [7, 11) is 0. The summed E-state index contributed by atoms with van der Waals surface area (Å²) in [6.07, 6.45) is 2.36. The van der Waals surface area contributed by atoms with Crippen molar-refractivity contribution in [2.45, 2.75) is 13.0 Å². The van der Waals surface area contributed by atoms with Crippen molar-refractivity contribution < 1.29 is 24.2 Å². The Morgan fingerprint density at radius 1 is 1.43 bits per heavy atom. The average molecular weight is 292 g/mol. The van der Waals surface area contributed by atoms with Gasteiger partial charge in [0.15, 0.2) is 6.04 Å². The zero-order valence-electron chi connectivity index (χ0n) is 11.4. The van der Waals surface area contributed by atoms with E-state index in [0.717, 1.165) is 6.08 Å². The highest BCUT2D eigenvalue weighted by molar-refractivity contribution is 6.08. The highest BCUT2D eigenvalue weighted by atomic mass is 16.5. The molecule has 1 unspecified atom stereocenters. The predicted molar refractivity (Wildman–Crippen MR) is 76.3 cm³/mol. The molecule has 0 aliphatic carbocycles. The molecule has 7 heteroatoms. The van der Waals surface area contributed by atoms with Gasteiger partial charge in [0.25, 0.3) is 5.91 Å². The number of esters is 1. The van der Waals surface area contributed by atoms with Crippen LogP contribution in [-0.4, -0.2) is 35.6 Å². The monoisotopic (exact) mass is 292 g/mol. The molecule has 0 saturated heterocycles. The standard InChI is InChI=1S/C14H16N2O5/c1-2-21-14(20)12(15)13(19)16-10-5-3-4-9(8-10)6-7-11(17)18/h3-8,12H,2,15H2,1H3,(H,16,19)(H,17,18)/b7-6+. The van der Waals surface area contributed by atoms with Gasteiger partial charge in [0.05, 0.1) is 6.61 Å². The number of carboxylic acids is 1. The Hall–Kier alpha value is -2.67. The first-order valence-corrected chi connectivity index (χ1v) is 6.18. The number of carbonyl (C=O) groups is 3. The topological polar surface area (TPSA) is 119 Å². The van der Waals surface area contributed by atoms with Crippen LogP contribution in [0.3, 0.4) is 0 Å². The van der Waals surface area contributed by atoms with Crippen molar-refractivity contribution in [3.8, 4) is 0 Å². The van der Waals surface area contributed by atoms with Gasteiger partial charge in [0.2, 0.25) is 0 Å². The van der Waals surface area contributed by atoms with Crippen molar-refractivity contribution in [1.82, 2.24) is 0 Å². The number of rotatable bonds is 6. The van der Waals surface area contributed by atoms with Gasteiger partial charge in [-0.15, -0.1) is 0 Å². The van der Waals surface area contributed by atoms with Crippen molar-refractivity contribution in [2.75, 3.05) is 11.9 Å². The SMILES string of the molecule is CCOC(=O)C(N)C(=O)Nc1cccc(/C=C/C(=O)O)c1. The minimum Gasteiger partial charge on any atom is -0.478 e. The smallest absolute Gasteiger partial charge is 0.332 e. The molecule has 1 rings (SSSR count). The van der Waals surface area contributed by atoms with Gasteiger partial charge in [-0.2, -0.15) is 0 Å². The van der Waals surface area contributed by atoms with Crippen LogP contribution < -0.4 is 11.1 Å². The quantitative estimate of drug-likeness (QED) is 0.401. The highest BCUT2D eigenvalue weighted by Gasteiger charge is 2.23. The minimum absolute atomic E-state index is 0.134. The number of amides is 1. The Morgan fingerprint density at radius 2 is 2.14 bits per heavy atom. The first-order valence-electron chi connectivity index (χ1n) is 6.18. The molecule has 1 aromatic rings. The number of anilines is 1. The van der Waals surface area contributed by atoms with Crippen LogP contribution in [0.4, 0.5) is 5.69 Å². The van der Waals surface area contributed by atoms with Crippen LogP contribution in [0.15, 0.2) is 30.3 Å². The Labute approximate surface area is 121 Å². The number of ether oxygens (including phenoxy) is 1. The van der Waals surface area contributed by atoms with Crippen molar-refractivity contribution in [2.24, 2.45) is 5.73 Å². The molecule has 0 radical (unpaired) electrons. The van der Waals surface area contributed by atoms with Crippen LogP contribution >= 0.6 is 0 Å². The predicted octanol–water partition coefficient (Wildman–Crippen LogP) is 0.613.